The van der Waals surface area contributed by atoms with Crippen LogP contribution in [0.15, 0.2) is 54.6 Å². The van der Waals surface area contributed by atoms with Gasteiger partial charge in [-0.05, 0) is 22.8 Å². The Hall–Kier alpha value is -2.59. The number of hydrogen-bond donors (Lipinski definition) is 0. The van der Waals surface area contributed by atoms with Crippen LogP contribution in [0.25, 0.3) is 5.57 Å². The highest BCUT2D eigenvalue weighted by Gasteiger charge is 2.75. The van der Waals surface area contributed by atoms with Gasteiger partial charge in [-0.3, -0.25) is 4.79 Å². The van der Waals surface area contributed by atoms with Gasteiger partial charge in [0.05, 0.1) is 13.2 Å². The first-order valence-corrected chi connectivity index (χ1v) is 9.32. The number of carbonyl (C=O) groups excluding carboxylic acids is 1. The zero-order valence-electron chi connectivity index (χ0n) is 15.6. The highest BCUT2D eigenvalue weighted by atomic mass is 16.5. The third-order valence-corrected chi connectivity index (χ3v) is 6.40. The van der Waals surface area contributed by atoms with Crippen LogP contribution in [0.5, 0.6) is 5.75 Å². The van der Waals surface area contributed by atoms with E-state index in [1.54, 1.807) is 7.11 Å². The number of para-hydroxylation sites is 1. The van der Waals surface area contributed by atoms with Gasteiger partial charge in [-0.1, -0.05) is 55.5 Å². The lowest BCUT2D eigenvalue weighted by Crippen LogP contribution is -2.24. The van der Waals surface area contributed by atoms with E-state index in [1.165, 1.54) is 12.7 Å². The van der Waals surface area contributed by atoms with Crippen molar-refractivity contribution in [2.45, 2.75) is 25.0 Å². The quantitative estimate of drug-likeness (QED) is 0.771. The lowest BCUT2D eigenvalue weighted by Gasteiger charge is -2.19. The van der Waals surface area contributed by atoms with Crippen molar-refractivity contribution in [2.75, 3.05) is 14.2 Å². The summed E-state index contributed by atoms with van der Waals surface area (Å²) in [4.78, 5) is 12.9. The Morgan fingerprint density at radius 2 is 1.78 bits per heavy atom. The highest BCUT2D eigenvalue weighted by molar-refractivity contribution is 5.92. The van der Waals surface area contributed by atoms with E-state index >= 15 is 0 Å². The molecule has 0 N–H and O–H groups in total. The molecular formula is C23H22O4. The molecule has 5 rings (SSSR count). The molecule has 3 aliphatic rings. The van der Waals surface area contributed by atoms with E-state index in [1.807, 2.05) is 36.4 Å². The average Bonchev–Trinajstić information content (AvgIpc) is 3.01. The van der Waals surface area contributed by atoms with E-state index in [2.05, 4.69) is 25.1 Å². The molecule has 0 amide bonds. The van der Waals surface area contributed by atoms with Crippen LogP contribution in [0.1, 0.15) is 35.6 Å². The van der Waals surface area contributed by atoms with Crippen molar-refractivity contribution < 1.29 is 19.0 Å². The molecule has 0 spiro atoms. The molecule has 0 unspecified atom stereocenters. The van der Waals surface area contributed by atoms with Crippen LogP contribution in [0, 0.1) is 11.3 Å². The standard InChI is InChI=1S/C23H22O4/c1-13-17(14-8-4-5-9-15(14)20(13)25-2)12-23(22(24)26-3)19-16-10-6-7-11-18(16)27-21(19)23/h4-13,19-21H,1-3H3/t13-,19+,20+,21-,23-/m1/s1. The number of carbonyl (C=O) groups is 1. The van der Waals surface area contributed by atoms with Crippen molar-refractivity contribution in [3.63, 3.8) is 0 Å². The Kier molecular flexibility index (Phi) is 3.50. The van der Waals surface area contributed by atoms with E-state index in [0.717, 1.165) is 22.4 Å². The Balaban J connectivity index is 1.64. The second kappa shape index (κ2) is 5.70. The van der Waals surface area contributed by atoms with Crippen LogP contribution >= 0.6 is 0 Å². The molecule has 0 radical (unpaired) electrons. The van der Waals surface area contributed by atoms with Gasteiger partial charge >= 0.3 is 5.97 Å². The summed E-state index contributed by atoms with van der Waals surface area (Å²) in [6, 6.07) is 16.2. The predicted molar refractivity (Wildman–Crippen MR) is 101 cm³/mol. The Morgan fingerprint density at radius 3 is 2.52 bits per heavy atom. The molecule has 1 heterocycles. The van der Waals surface area contributed by atoms with Gasteiger partial charge in [0.25, 0.3) is 0 Å². The summed E-state index contributed by atoms with van der Waals surface area (Å²) in [5.74, 6) is 0.810. The Morgan fingerprint density at radius 1 is 1.07 bits per heavy atom. The van der Waals surface area contributed by atoms with Crippen LogP contribution in [0.4, 0.5) is 0 Å². The first kappa shape index (κ1) is 16.6. The maximum atomic E-state index is 12.9. The fourth-order valence-corrected chi connectivity index (χ4v) is 5.08. The van der Waals surface area contributed by atoms with Gasteiger partial charge < -0.3 is 14.2 Å². The van der Waals surface area contributed by atoms with Gasteiger partial charge in [0, 0.05) is 24.5 Å². The molecule has 4 heteroatoms. The van der Waals surface area contributed by atoms with Gasteiger partial charge in [0.15, 0.2) is 0 Å². The van der Waals surface area contributed by atoms with E-state index in [0.29, 0.717) is 0 Å². The van der Waals surface area contributed by atoms with Crippen molar-refractivity contribution in [3.05, 3.63) is 71.3 Å². The average molecular weight is 362 g/mol. The number of hydrogen-bond acceptors (Lipinski definition) is 4. The molecule has 2 aromatic rings. The summed E-state index contributed by atoms with van der Waals surface area (Å²) in [7, 11) is 3.19. The van der Waals surface area contributed by atoms with Crippen LogP contribution in [0.2, 0.25) is 0 Å². The number of ether oxygens (including phenoxy) is 3. The highest BCUT2D eigenvalue weighted by Crippen LogP contribution is 2.69. The van der Waals surface area contributed by atoms with E-state index in [4.69, 9.17) is 14.2 Å². The van der Waals surface area contributed by atoms with Crippen molar-refractivity contribution >= 4 is 11.5 Å². The second-order valence-corrected chi connectivity index (χ2v) is 7.61. The third-order valence-electron chi connectivity index (χ3n) is 6.40. The third kappa shape index (κ3) is 2.05. The maximum absolute atomic E-state index is 12.9. The van der Waals surface area contributed by atoms with Gasteiger partial charge in [-0.2, -0.15) is 0 Å². The zero-order valence-corrected chi connectivity index (χ0v) is 15.6. The molecule has 27 heavy (non-hydrogen) atoms. The zero-order chi connectivity index (χ0) is 18.8. The van der Waals surface area contributed by atoms with Crippen molar-refractivity contribution in [2.24, 2.45) is 11.3 Å². The SMILES string of the molecule is COC(=O)[C@@]1(C=C2c3ccccc3[C@@H](OC)[C@@H]2C)[C@@H]2Oc3ccccc3[C@@H]21. The number of fused-ring (bicyclic) bond motifs is 4. The minimum atomic E-state index is -0.761. The lowest BCUT2D eigenvalue weighted by molar-refractivity contribution is -0.146. The summed E-state index contributed by atoms with van der Waals surface area (Å²) < 4.78 is 17.1. The maximum Gasteiger partial charge on any atom is 0.320 e. The van der Waals surface area contributed by atoms with Gasteiger partial charge in [0.2, 0.25) is 0 Å². The molecule has 1 fully saturated rings. The van der Waals surface area contributed by atoms with Crippen molar-refractivity contribution in [3.8, 4) is 5.75 Å². The monoisotopic (exact) mass is 362 g/mol. The molecule has 2 aromatic carbocycles. The minimum Gasteiger partial charge on any atom is -0.488 e. The summed E-state index contributed by atoms with van der Waals surface area (Å²) in [6.07, 6.45) is 1.90. The Bertz CT molecular complexity index is 962. The normalized spacial score (nSPS) is 33.8. The minimum absolute atomic E-state index is 0.00561. The van der Waals surface area contributed by atoms with Gasteiger partial charge in [0.1, 0.15) is 17.3 Å². The molecule has 1 aliphatic heterocycles. The lowest BCUT2D eigenvalue weighted by atomic mass is 9.90. The second-order valence-electron chi connectivity index (χ2n) is 7.61. The number of esters is 1. The van der Waals surface area contributed by atoms with Gasteiger partial charge in [-0.25, -0.2) is 0 Å². The fraction of sp³-hybridized carbons (Fsp3) is 0.348. The fourth-order valence-electron chi connectivity index (χ4n) is 5.08. The summed E-state index contributed by atoms with van der Waals surface area (Å²) in [5, 5.41) is 0. The molecule has 138 valence electrons. The topological polar surface area (TPSA) is 44.8 Å². The number of rotatable bonds is 3. The summed E-state index contributed by atoms with van der Waals surface area (Å²) in [6.45, 7) is 2.15. The number of benzene rings is 2. The van der Waals surface area contributed by atoms with Crippen molar-refractivity contribution in [1.29, 1.82) is 0 Å². The largest absolute Gasteiger partial charge is 0.488 e. The molecule has 0 bridgehead atoms. The number of methoxy groups -OCH3 is 2. The van der Waals surface area contributed by atoms with Crippen LogP contribution in [-0.4, -0.2) is 26.3 Å². The molecule has 0 aromatic heterocycles. The Labute approximate surface area is 158 Å². The molecule has 0 saturated heterocycles. The van der Waals surface area contributed by atoms with Gasteiger partial charge in [-0.15, -0.1) is 0 Å². The molecular weight excluding hydrogens is 340 g/mol. The van der Waals surface area contributed by atoms with Crippen molar-refractivity contribution in [1.82, 2.24) is 0 Å². The van der Waals surface area contributed by atoms with E-state index in [-0.39, 0.29) is 30.0 Å². The smallest absolute Gasteiger partial charge is 0.320 e. The van der Waals surface area contributed by atoms with Crippen LogP contribution in [-0.2, 0) is 14.3 Å². The van der Waals surface area contributed by atoms with E-state index < -0.39 is 5.41 Å². The van der Waals surface area contributed by atoms with Crippen LogP contribution in [0.3, 0.4) is 0 Å². The molecule has 1 saturated carbocycles. The molecule has 4 nitrogen and oxygen atoms in total. The molecule has 5 atom stereocenters. The van der Waals surface area contributed by atoms with Crippen LogP contribution < -0.4 is 4.74 Å². The van der Waals surface area contributed by atoms with E-state index in [9.17, 15) is 4.79 Å². The summed E-state index contributed by atoms with van der Waals surface area (Å²) >= 11 is 0. The summed E-state index contributed by atoms with van der Waals surface area (Å²) in [5.41, 5.74) is 3.79. The first-order chi connectivity index (χ1) is 13.1. The molecule has 2 aliphatic carbocycles. The predicted octanol–water partition coefficient (Wildman–Crippen LogP) is 4.13. The first-order valence-electron chi connectivity index (χ1n) is 9.32.